The molecule has 1 N–H and O–H groups in total. The van der Waals surface area contributed by atoms with Crippen LogP contribution in [0.1, 0.15) is 27.4 Å². The molecular formula is C15H16BrNO3. The number of furan rings is 1. The summed E-state index contributed by atoms with van der Waals surface area (Å²) in [5.41, 5.74) is 2.10. The fourth-order valence-electron chi connectivity index (χ4n) is 2.08. The van der Waals surface area contributed by atoms with Crippen LogP contribution in [0.25, 0.3) is 0 Å². The van der Waals surface area contributed by atoms with E-state index in [9.17, 15) is 4.79 Å². The number of hydrogen-bond donors (Lipinski definition) is 1. The highest BCUT2D eigenvalue weighted by Crippen LogP contribution is 2.18. The standard InChI is InChI=1S/C15H16BrNO3/c1-10-12(7-14(20-10)15(18)19)9-17(2)8-11-4-3-5-13(16)6-11/h3-7H,8-9H2,1-2H3,(H,18,19). The first-order valence-corrected chi connectivity index (χ1v) is 7.00. The third-order valence-electron chi connectivity index (χ3n) is 3.01. The number of carboxylic acids is 1. The second kappa shape index (κ2) is 6.24. The van der Waals surface area contributed by atoms with Crippen molar-refractivity contribution in [2.75, 3.05) is 7.05 Å². The molecule has 0 radical (unpaired) electrons. The van der Waals surface area contributed by atoms with Gasteiger partial charge in [-0.05, 0) is 37.7 Å². The Morgan fingerprint density at radius 3 is 2.70 bits per heavy atom. The van der Waals surface area contributed by atoms with Crippen molar-refractivity contribution in [3.8, 4) is 0 Å². The number of hydrogen-bond acceptors (Lipinski definition) is 3. The maximum Gasteiger partial charge on any atom is 0.371 e. The van der Waals surface area contributed by atoms with Crippen LogP contribution in [0.4, 0.5) is 0 Å². The van der Waals surface area contributed by atoms with E-state index in [1.807, 2.05) is 19.2 Å². The Morgan fingerprint density at radius 1 is 1.35 bits per heavy atom. The molecule has 0 aliphatic heterocycles. The fourth-order valence-corrected chi connectivity index (χ4v) is 2.52. The maximum atomic E-state index is 10.9. The number of aromatic carboxylic acids is 1. The molecular weight excluding hydrogens is 322 g/mol. The van der Waals surface area contributed by atoms with Crippen LogP contribution in [-0.4, -0.2) is 23.0 Å². The molecule has 4 nitrogen and oxygen atoms in total. The molecule has 0 aliphatic carbocycles. The first-order valence-electron chi connectivity index (χ1n) is 6.21. The van der Waals surface area contributed by atoms with Crippen LogP contribution < -0.4 is 0 Å². The van der Waals surface area contributed by atoms with E-state index >= 15 is 0 Å². The molecule has 5 heteroatoms. The topological polar surface area (TPSA) is 53.7 Å². The normalized spacial score (nSPS) is 11.0. The molecule has 1 aromatic carbocycles. The van der Waals surface area contributed by atoms with Gasteiger partial charge in [-0.3, -0.25) is 4.90 Å². The van der Waals surface area contributed by atoms with Crippen molar-refractivity contribution >= 4 is 21.9 Å². The largest absolute Gasteiger partial charge is 0.475 e. The van der Waals surface area contributed by atoms with E-state index in [2.05, 4.69) is 33.0 Å². The molecule has 0 saturated heterocycles. The lowest BCUT2D eigenvalue weighted by molar-refractivity contribution is 0.0661. The molecule has 1 heterocycles. The van der Waals surface area contributed by atoms with Crippen LogP contribution in [-0.2, 0) is 13.1 Å². The van der Waals surface area contributed by atoms with E-state index in [4.69, 9.17) is 9.52 Å². The van der Waals surface area contributed by atoms with Crippen molar-refractivity contribution in [2.24, 2.45) is 0 Å². The fraction of sp³-hybridized carbons (Fsp3) is 0.267. The van der Waals surface area contributed by atoms with Gasteiger partial charge in [0, 0.05) is 23.1 Å². The summed E-state index contributed by atoms with van der Waals surface area (Å²) < 4.78 is 6.26. The smallest absolute Gasteiger partial charge is 0.371 e. The lowest BCUT2D eigenvalue weighted by Gasteiger charge is -2.16. The van der Waals surface area contributed by atoms with Gasteiger partial charge in [0.2, 0.25) is 5.76 Å². The van der Waals surface area contributed by atoms with E-state index < -0.39 is 5.97 Å². The number of aryl methyl sites for hydroxylation is 1. The second-order valence-electron chi connectivity index (χ2n) is 4.80. The van der Waals surface area contributed by atoms with Crippen LogP contribution in [0.5, 0.6) is 0 Å². The third kappa shape index (κ3) is 3.71. The van der Waals surface area contributed by atoms with Gasteiger partial charge in [0.05, 0.1) is 0 Å². The van der Waals surface area contributed by atoms with Crippen molar-refractivity contribution in [1.29, 1.82) is 0 Å². The highest BCUT2D eigenvalue weighted by atomic mass is 79.9. The Morgan fingerprint density at radius 2 is 2.10 bits per heavy atom. The summed E-state index contributed by atoms with van der Waals surface area (Å²) in [6.45, 7) is 3.22. The molecule has 0 atom stereocenters. The summed E-state index contributed by atoms with van der Waals surface area (Å²) in [4.78, 5) is 13.0. The van der Waals surface area contributed by atoms with Gasteiger partial charge in [-0.25, -0.2) is 4.79 Å². The van der Waals surface area contributed by atoms with Crippen molar-refractivity contribution in [3.05, 3.63) is 57.5 Å². The molecule has 1 aromatic heterocycles. The zero-order valence-corrected chi connectivity index (χ0v) is 13.0. The van der Waals surface area contributed by atoms with Crippen molar-refractivity contribution in [1.82, 2.24) is 4.90 Å². The van der Waals surface area contributed by atoms with Crippen LogP contribution in [0.3, 0.4) is 0 Å². The minimum absolute atomic E-state index is 0.00615. The number of nitrogens with zero attached hydrogens (tertiary/aromatic N) is 1. The zero-order valence-electron chi connectivity index (χ0n) is 11.4. The summed E-state index contributed by atoms with van der Waals surface area (Å²) in [5.74, 6) is -0.383. The van der Waals surface area contributed by atoms with E-state index in [0.717, 1.165) is 16.6 Å². The van der Waals surface area contributed by atoms with Crippen LogP contribution in [0.2, 0.25) is 0 Å². The summed E-state index contributed by atoms with van der Waals surface area (Å²) in [5, 5.41) is 8.91. The molecule has 0 saturated carbocycles. The second-order valence-corrected chi connectivity index (χ2v) is 5.72. The third-order valence-corrected chi connectivity index (χ3v) is 3.51. The molecule has 0 bridgehead atoms. The van der Waals surface area contributed by atoms with Gasteiger partial charge in [-0.15, -0.1) is 0 Å². The Labute approximate surface area is 126 Å². The minimum atomic E-state index is -1.03. The minimum Gasteiger partial charge on any atom is -0.475 e. The molecule has 2 rings (SSSR count). The monoisotopic (exact) mass is 337 g/mol. The molecule has 0 aliphatic rings. The Bertz CT molecular complexity index is 621. The summed E-state index contributed by atoms with van der Waals surface area (Å²) in [7, 11) is 1.99. The van der Waals surface area contributed by atoms with Crippen LogP contribution in [0, 0.1) is 6.92 Å². The van der Waals surface area contributed by atoms with E-state index in [1.54, 1.807) is 13.0 Å². The summed E-state index contributed by atoms with van der Waals surface area (Å²) in [6.07, 6.45) is 0. The van der Waals surface area contributed by atoms with Gasteiger partial charge in [-0.1, -0.05) is 28.1 Å². The van der Waals surface area contributed by atoms with E-state index in [1.165, 1.54) is 5.56 Å². The van der Waals surface area contributed by atoms with Gasteiger partial charge in [0.15, 0.2) is 0 Å². The van der Waals surface area contributed by atoms with E-state index in [0.29, 0.717) is 12.3 Å². The highest BCUT2D eigenvalue weighted by molar-refractivity contribution is 9.10. The number of carbonyl (C=O) groups is 1. The average molecular weight is 338 g/mol. The molecule has 0 spiro atoms. The van der Waals surface area contributed by atoms with Gasteiger partial charge < -0.3 is 9.52 Å². The number of rotatable bonds is 5. The Hall–Kier alpha value is -1.59. The van der Waals surface area contributed by atoms with Gasteiger partial charge in [0.1, 0.15) is 5.76 Å². The molecule has 0 amide bonds. The quantitative estimate of drug-likeness (QED) is 0.904. The molecule has 0 fully saturated rings. The molecule has 20 heavy (non-hydrogen) atoms. The predicted molar refractivity (Wildman–Crippen MR) is 79.7 cm³/mol. The maximum absolute atomic E-state index is 10.9. The SMILES string of the molecule is Cc1oc(C(=O)O)cc1CN(C)Cc1cccc(Br)c1. The Balaban J connectivity index is 2.04. The lowest BCUT2D eigenvalue weighted by atomic mass is 10.2. The lowest BCUT2D eigenvalue weighted by Crippen LogP contribution is -2.17. The van der Waals surface area contributed by atoms with Gasteiger partial charge in [-0.2, -0.15) is 0 Å². The van der Waals surface area contributed by atoms with Crippen LogP contribution >= 0.6 is 15.9 Å². The molecule has 0 unspecified atom stereocenters. The number of benzene rings is 1. The summed E-state index contributed by atoms with van der Waals surface area (Å²) >= 11 is 3.45. The van der Waals surface area contributed by atoms with Gasteiger partial charge in [0.25, 0.3) is 0 Å². The number of halogens is 1. The Kier molecular flexibility index (Phi) is 4.62. The van der Waals surface area contributed by atoms with Crippen LogP contribution in [0.15, 0.2) is 39.2 Å². The first kappa shape index (κ1) is 14.8. The number of carboxylic acid groups (broad SMARTS) is 1. The van der Waals surface area contributed by atoms with Crippen molar-refractivity contribution in [3.63, 3.8) is 0 Å². The van der Waals surface area contributed by atoms with Gasteiger partial charge >= 0.3 is 5.97 Å². The summed E-state index contributed by atoms with van der Waals surface area (Å²) in [6, 6.07) is 9.71. The molecule has 106 valence electrons. The average Bonchev–Trinajstić information content (AvgIpc) is 2.71. The molecule has 2 aromatic rings. The predicted octanol–water partition coefficient (Wildman–Crippen LogP) is 3.68. The van der Waals surface area contributed by atoms with Crippen molar-refractivity contribution in [2.45, 2.75) is 20.0 Å². The zero-order chi connectivity index (χ0) is 14.7. The highest BCUT2D eigenvalue weighted by Gasteiger charge is 2.14. The van der Waals surface area contributed by atoms with E-state index in [-0.39, 0.29) is 5.76 Å². The first-order chi connectivity index (χ1) is 9.45. The van der Waals surface area contributed by atoms with Crippen molar-refractivity contribution < 1.29 is 14.3 Å².